The van der Waals surface area contributed by atoms with Crippen molar-refractivity contribution in [2.24, 2.45) is 0 Å². The predicted octanol–water partition coefficient (Wildman–Crippen LogP) is 0.678. The number of halogens is 1. The third-order valence-corrected chi connectivity index (χ3v) is 3.84. The maximum atomic E-state index is 13.1. The van der Waals surface area contributed by atoms with Crippen LogP contribution in [0.5, 0.6) is 0 Å². The zero-order chi connectivity index (χ0) is 10.9. The van der Waals surface area contributed by atoms with Crippen LogP contribution in [0.4, 0.5) is 4.39 Å². The standard InChI is InChI=1S/C9H17BFO2P/c1-14(2,3)5-4-6-8(12)7(11)9(10)13-6/h6-9,12H,1,4-5H2,2-3H3/t6?,7-,8-,9-/m1/s1. The van der Waals surface area contributed by atoms with Crippen LogP contribution in [0.15, 0.2) is 0 Å². The van der Waals surface area contributed by atoms with Crippen molar-refractivity contribution < 1.29 is 14.2 Å². The molecule has 1 aliphatic rings. The number of hydrogen-bond donors (Lipinski definition) is 1. The maximum Gasteiger partial charge on any atom is 0.146 e. The molecule has 0 aromatic carbocycles. The number of hydrogen-bond acceptors (Lipinski definition) is 2. The number of rotatable bonds is 3. The second kappa shape index (κ2) is 4.38. The van der Waals surface area contributed by atoms with Gasteiger partial charge in [0.1, 0.15) is 20.1 Å². The molecule has 1 fully saturated rings. The third-order valence-electron chi connectivity index (χ3n) is 2.37. The van der Waals surface area contributed by atoms with Crippen molar-refractivity contribution in [3.8, 4) is 0 Å². The molecule has 1 saturated heterocycles. The minimum atomic E-state index is -1.45. The summed E-state index contributed by atoms with van der Waals surface area (Å²) in [4.78, 5) is 0. The molecule has 1 aliphatic heterocycles. The van der Waals surface area contributed by atoms with Crippen LogP contribution >= 0.6 is 6.89 Å². The normalized spacial score (nSPS) is 38.9. The van der Waals surface area contributed by atoms with E-state index < -0.39 is 31.3 Å². The molecule has 0 spiro atoms. The van der Waals surface area contributed by atoms with E-state index in [-0.39, 0.29) is 0 Å². The van der Waals surface area contributed by atoms with Gasteiger partial charge in [-0.2, -0.15) is 0 Å². The van der Waals surface area contributed by atoms with E-state index in [9.17, 15) is 9.50 Å². The lowest BCUT2D eigenvalue weighted by atomic mass is 9.94. The van der Waals surface area contributed by atoms with E-state index in [1.165, 1.54) is 0 Å². The van der Waals surface area contributed by atoms with Gasteiger partial charge in [0.15, 0.2) is 0 Å². The van der Waals surface area contributed by atoms with Crippen LogP contribution in [0.2, 0.25) is 0 Å². The Hall–Kier alpha value is 0.215. The van der Waals surface area contributed by atoms with Gasteiger partial charge >= 0.3 is 0 Å². The van der Waals surface area contributed by atoms with E-state index in [2.05, 4.69) is 19.6 Å². The quantitative estimate of drug-likeness (QED) is 0.557. The molecule has 80 valence electrons. The molecule has 1 unspecified atom stereocenters. The highest BCUT2D eigenvalue weighted by Crippen LogP contribution is 2.38. The van der Waals surface area contributed by atoms with Crippen molar-refractivity contribution in [1.82, 2.24) is 0 Å². The summed E-state index contributed by atoms with van der Waals surface area (Å²) in [5, 5.41) is 9.44. The molecular formula is C9H17BFO2P. The van der Waals surface area contributed by atoms with Crippen molar-refractivity contribution in [3.63, 3.8) is 0 Å². The average molecular weight is 218 g/mol. The van der Waals surface area contributed by atoms with Crippen LogP contribution in [0, 0.1) is 0 Å². The SMILES string of the molecule is [B][C@@H]1OC(CCP(=C)(C)C)[C@@H](O)[C@H]1F. The van der Waals surface area contributed by atoms with Crippen LogP contribution in [0.3, 0.4) is 0 Å². The Morgan fingerprint density at radius 2 is 2.14 bits per heavy atom. The van der Waals surface area contributed by atoms with E-state index in [4.69, 9.17) is 12.6 Å². The van der Waals surface area contributed by atoms with E-state index in [1.807, 2.05) is 0 Å². The van der Waals surface area contributed by atoms with Gasteiger partial charge in [0.2, 0.25) is 0 Å². The fourth-order valence-corrected chi connectivity index (χ4v) is 2.43. The summed E-state index contributed by atoms with van der Waals surface area (Å²) < 4.78 is 18.2. The monoisotopic (exact) mass is 218 g/mol. The first-order chi connectivity index (χ1) is 6.31. The van der Waals surface area contributed by atoms with Crippen LogP contribution in [0.1, 0.15) is 6.42 Å². The highest BCUT2D eigenvalue weighted by Gasteiger charge is 2.40. The number of alkyl halides is 1. The summed E-state index contributed by atoms with van der Waals surface area (Å²) in [6.07, 6.45) is 2.58. The minimum absolute atomic E-state index is 0.457. The predicted molar refractivity (Wildman–Crippen MR) is 60.7 cm³/mol. The molecule has 1 N–H and O–H groups in total. The third kappa shape index (κ3) is 3.11. The fourth-order valence-electron chi connectivity index (χ4n) is 1.47. The molecule has 2 radical (unpaired) electrons. The van der Waals surface area contributed by atoms with Gasteiger partial charge < -0.3 is 9.84 Å². The molecule has 5 heteroatoms. The van der Waals surface area contributed by atoms with Crippen molar-refractivity contribution in [2.45, 2.75) is 30.8 Å². The van der Waals surface area contributed by atoms with Gasteiger partial charge in [-0.25, -0.2) is 4.39 Å². The van der Waals surface area contributed by atoms with Crippen LogP contribution in [-0.2, 0) is 4.74 Å². The van der Waals surface area contributed by atoms with Crippen LogP contribution in [0.25, 0.3) is 0 Å². The van der Waals surface area contributed by atoms with Crippen LogP contribution in [-0.4, -0.2) is 63.1 Å². The van der Waals surface area contributed by atoms with E-state index in [0.29, 0.717) is 6.42 Å². The van der Waals surface area contributed by atoms with Gasteiger partial charge in [-0.15, -0.1) is 13.2 Å². The van der Waals surface area contributed by atoms with Crippen molar-refractivity contribution in [2.75, 3.05) is 19.5 Å². The molecule has 0 aromatic rings. The van der Waals surface area contributed by atoms with E-state index >= 15 is 0 Å². The molecule has 1 heterocycles. The average Bonchev–Trinajstić information content (AvgIpc) is 2.28. The number of aliphatic hydroxyl groups excluding tert-OH is 1. The molecule has 0 aliphatic carbocycles. The van der Waals surface area contributed by atoms with E-state index in [0.717, 1.165) is 6.16 Å². The number of ether oxygens (including phenoxy) is 1. The fraction of sp³-hybridized carbons (Fsp3) is 0.889. The Bertz CT molecular complexity index is 243. The van der Waals surface area contributed by atoms with Gasteiger partial charge in [-0.1, -0.05) is 0 Å². The topological polar surface area (TPSA) is 29.5 Å². The highest BCUT2D eigenvalue weighted by molar-refractivity contribution is 7.72. The molecular weight excluding hydrogens is 201 g/mol. The molecule has 2 nitrogen and oxygen atoms in total. The summed E-state index contributed by atoms with van der Waals surface area (Å²) in [7, 11) is 5.33. The smallest absolute Gasteiger partial charge is 0.146 e. The van der Waals surface area contributed by atoms with Crippen molar-refractivity contribution in [3.05, 3.63) is 0 Å². The summed E-state index contributed by atoms with van der Waals surface area (Å²) in [6.45, 7) is 3.06. The van der Waals surface area contributed by atoms with Crippen LogP contribution < -0.4 is 0 Å². The van der Waals surface area contributed by atoms with Crippen molar-refractivity contribution >= 4 is 21.0 Å². The maximum absolute atomic E-state index is 13.1. The lowest BCUT2D eigenvalue weighted by Gasteiger charge is -2.18. The lowest BCUT2D eigenvalue weighted by Crippen LogP contribution is -2.29. The molecule has 0 saturated carbocycles. The molecule has 1 rings (SSSR count). The zero-order valence-corrected chi connectivity index (χ0v) is 9.58. The van der Waals surface area contributed by atoms with Crippen molar-refractivity contribution in [1.29, 1.82) is 0 Å². The Balaban J connectivity index is 2.44. The summed E-state index contributed by atoms with van der Waals surface area (Å²) in [5.74, 6) is 0. The molecule has 0 bridgehead atoms. The first-order valence-corrected chi connectivity index (χ1v) is 7.77. The largest absolute Gasteiger partial charge is 0.387 e. The Morgan fingerprint density at radius 3 is 2.50 bits per heavy atom. The van der Waals surface area contributed by atoms with Gasteiger partial charge in [-0.05, 0) is 25.9 Å². The first-order valence-electron chi connectivity index (χ1n) is 4.72. The minimum Gasteiger partial charge on any atom is -0.387 e. The second-order valence-electron chi connectivity index (χ2n) is 4.52. The Morgan fingerprint density at radius 1 is 1.57 bits per heavy atom. The first kappa shape index (κ1) is 12.3. The second-order valence-corrected chi connectivity index (χ2v) is 8.84. The molecule has 0 aromatic heterocycles. The molecule has 0 amide bonds. The Kier molecular flexibility index (Phi) is 3.84. The number of aliphatic hydroxyl groups is 1. The summed E-state index contributed by atoms with van der Waals surface area (Å²) in [5.41, 5.74) is 0. The van der Waals surface area contributed by atoms with Gasteiger partial charge in [0.25, 0.3) is 0 Å². The summed E-state index contributed by atoms with van der Waals surface area (Å²) in [6, 6.07) is -0.971. The molecule has 14 heavy (non-hydrogen) atoms. The van der Waals surface area contributed by atoms with Gasteiger partial charge in [0, 0.05) is 0 Å². The van der Waals surface area contributed by atoms with E-state index in [1.54, 1.807) is 0 Å². The highest BCUT2D eigenvalue weighted by atomic mass is 31.2. The summed E-state index contributed by atoms with van der Waals surface area (Å²) >= 11 is 0. The molecule has 4 atom stereocenters. The van der Waals surface area contributed by atoms with Gasteiger partial charge in [0.05, 0.1) is 12.1 Å². The zero-order valence-electron chi connectivity index (χ0n) is 8.69. The Labute approximate surface area is 86.2 Å². The van der Waals surface area contributed by atoms with Gasteiger partial charge in [-0.3, -0.25) is 0 Å². The lowest BCUT2D eigenvalue weighted by molar-refractivity contribution is 0.0289.